The molecule has 1 aliphatic rings. The fraction of sp³-hybridized carbons (Fsp3) is 0.500. The molecule has 0 radical (unpaired) electrons. The van der Waals surface area contributed by atoms with E-state index in [1.165, 1.54) is 16.9 Å². The minimum atomic E-state index is 0.457. The first-order valence-corrected chi connectivity index (χ1v) is 4.46. The number of rotatable bonds is 1. The molecule has 0 saturated heterocycles. The van der Waals surface area contributed by atoms with Crippen LogP contribution in [0.2, 0.25) is 0 Å². The highest BCUT2D eigenvalue weighted by Gasteiger charge is 2.35. The summed E-state index contributed by atoms with van der Waals surface area (Å²) in [6, 6.07) is 2.71. The Balaban J connectivity index is 2.20. The third-order valence-corrected chi connectivity index (χ3v) is 3.14. The van der Waals surface area contributed by atoms with Gasteiger partial charge < -0.3 is 5.73 Å². The first kappa shape index (κ1) is 6.38. The summed E-state index contributed by atoms with van der Waals surface area (Å²) in [6.45, 7) is 2.13. The Morgan fingerprint density at radius 3 is 2.80 bits per heavy atom. The lowest BCUT2D eigenvalue weighted by Crippen LogP contribution is -1.99. The van der Waals surface area contributed by atoms with Gasteiger partial charge in [0, 0.05) is 16.8 Å². The normalized spacial score (nSPS) is 30.6. The second kappa shape index (κ2) is 2.07. The maximum absolute atomic E-state index is 5.71. The SMILES string of the molecule is Cc1csc([C@@H]2C[C@H]2N)c1. The molecule has 1 aromatic heterocycles. The highest BCUT2D eigenvalue weighted by molar-refractivity contribution is 7.10. The molecule has 1 aliphatic carbocycles. The average Bonchev–Trinajstić information content (AvgIpc) is 2.42. The topological polar surface area (TPSA) is 26.0 Å². The lowest BCUT2D eigenvalue weighted by atomic mass is 10.3. The van der Waals surface area contributed by atoms with Gasteiger partial charge in [-0.15, -0.1) is 11.3 Å². The van der Waals surface area contributed by atoms with E-state index in [1.807, 2.05) is 11.3 Å². The summed E-state index contributed by atoms with van der Waals surface area (Å²) >= 11 is 1.84. The van der Waals surface area contributed by atoms with Crippen molar-refractivity contribution in [3.8, 4) is 0 Å². The Kier molecular flexibility index (Phi) is 1.32. The van der Waals surface area contributed by atoms with Gasteiger partial charge in [0.25, 0.3) is 0 Å². The molecule has 1 aromatic rings. The van der Waals surface area contributed by atoms with Crippen LogP contribution in [0.3, 0.4) is 0 Å². The van der Waals surface area contributed by atoms with Gasteiger partial charge >= 0.3 is 0 Å². The lowest BCUT2D eigenvalue weighted by molar-refractivity contribution is 1.01. The van der Waals surface area contributed by atoms with Gasteiger partial charge in [0.15, 0.2) is 0 Å². The van der Waals surface area contributed by atoms with E-state index in [4.69, 9.17) is 5.73 Å². The molecule has 0 unspecified atom stereocenters. The molecule has 0 amide bonds. The Labute approximate surface area is 64.9 Å². The van der Waals surface area contributed by atoms with Crippen LogP contribution in [0, 0.1) is 6.92 Å². The molecule has 1 fully saturated rings. The van der Waals surface area contributed by atoms with E-state index in [0.29, 0.717) is 12.0 Å². The highest BCUT2D eigenvalue weighted by Crippen LogP contribution is 2.41. The molecule has 0 spiro atoms. The predicted octanol–water partition coefficient (Wildman–Crippen LogP) is 1.87. The zero-order valence-corrected chi connectivity index (χ0v) is 6.82. The van der Waals surface area contributed by atoms with Gasteiger partial charge in [-0.05, 0) is 30.4 Å². The van der Waals surface area contributed by atoms with E-state index in [-0.39, 0.29) is 0 Å². The first-order chi connectivity index (χ1) is 4.77. The lowest BCUT2D eigenvalue weighted by Gasteiger charge is -1.87. The largest absolute Gasteiger partial charge is 0.327 e. The Morgan fingerprint density at radius 1 is 1.70 bits per heavy atom. The number of aryl methyl sites for hydroxylation is 1. The standard InChI is InChI=1S/C8H11NS/c1-5-2-8(10-4-5)6-3-7(6)9/h2,4,6-7H,3,9H2,1H3/t6-,7-/m1/s1. The Morgan fingerprint density at radius 2 is 2.40 bits per heavy atom. The molecule has 2 rings (SSSR count). The molecule has 2 N–H and O–H groups in total. The summed E-state index contributed by atoms with van der Waals surface area (Å²) in [5.41, 5.74) is 7.09. The van der Waals surface area contributed by atoms with Crippen LogP contribution in [0.1, 0.15) is 22.8 Å². The summed E-state index contributed by atoms with van der Waals surface area (Å²) in [6.07, 6.45) is 1.19. The Bertz CT molecular complexity index is 241. The van der Waals surface area contributed by atoms with E-state index in [1.54, 1.807) is 0 Å². The molecule has 10 heavy (non-hydrogen) atoms. The summed E-state index contributed by atoms with van der Waals surface area (Å²) in [5, 5.41) is 2.19. The molecule has 2 heteroatoms. The van der Waals surface area contributed by atoms with E-state index < -0.39 is 0 Å². The second-order valence-electron chi connectivity index (χ2n) is 3.03. The first-order valence-electron chi connectivity index (χ1n) is 3.58. The minimum Gasteiger partial charge on any atom is -0.327 e. The van der Waals surface area contributed by atoms with Crippen molar-refractivity contribution < 1.29 is 0 Å². The summed E-state index contributed by atoms with van der Waals surface area (Å²) in [5.74, 6) is 0.693. The molecule has 0 aromatic carbocycles. The van der Waals surface area contributed by atoms with E-state index in [2.05, 4.69) is 18.4 Å². The predicted molar refractivity (Wildman–Crippen MR) is 44.4 cm³/mol. The van der Waals surface area contributed by atoms with Crippen molar-refractivity contribution in [3.05, 3.63) is 21.9 Å². The van der Waals surface area contributed by atoms with Crippen molar-refractivity contribution in [1.29, 1.82) is 0 Å². The second-order valence-corrected chi connectivity index (χ2v) is 3.98. The Hall–Kier alpha value is -0.340. The van der Waals surface area contributed by atoms with E-state index >= 15 is 0 Å². The van der Waals surface area contributed by atoms with Gasteiger partial charge in [-0.2, -0.15) is 0 Å². The van der Waals surface area contributed by atoms with E-state index in [9.17, 15) is 0 Å². The maximum Gasteiger partial charge on any atom is 0.0123 e. The van der Waals surface area contributed by atoms with Crippen LogP contribution in [0.25, 0.3) is 0 Å². The van der Waals surface area contributed by atoms with Crippen molar-refractivity contribution >= 4 is 11.3 Å². The molecule has 2 atom stereocenters. The summed E-state index contributed by atoms with van der Waals surface area (Å²) in [7, 11) is 0. The number of nitrogens with two attached hydrogens (primary N) is 1. The zero-order chi connectivity index (χ0) is 7.14. The molecular formula is C8H11NS. The molecule has 1 nitrogen and oxygen atoms in total. The number of hydrogen-bond donors (Lipinski definition) is 1. The summed E-state index contributed by atoms with van der Waals surface area (Å²) in [4.78, 5) is 1.48. The van der Waals surface area contributed by atoms with Gasteiger partial charge in [0.05, 0.1) is 0 Å². The van der Waals surface area contributed by atoms with Crippen molar-refractivity contribution in [2.45, 2.75) is 25.3 Å². The van der Waals surface area contributed by atoms with Crippen LogP contribution < -0.4 is 5.73 Å². The van der Waals surface area contributed by atoms with Crippen LogP contribution in [-0.4, -0.2) is 6.04 Å². The van der Waals surface area contributed by atoms with Gasteiger partial charge in [0.2, 0.25) is 0 Å². The fourth-order valence-electron chi connectivity index (χ4n) is 1.19. The van der Waals surface area contributed by atoms with Crippen molar-refractivity contribution in [1.82, 2.24) is 0 Å². The molecular weight excluding hydrogens is 142 g/mol. The summed E-state index contributed by atoms with van der Waals surface area (Å²) < 4.78 is 0. The van der Waals surface area contributed by atoms with Crippen LogP contribution >= 0.6 is 11.3 Å². The third kappa shape index (κ3) is 0.976. The monoisotopic (exact) mass is 153 g/mol. The van der Waals surface area contributed by atoms with E-state index in [0.717, 1.165) is 0 Å². The van der Waals surface area contributed by atoms with Crippen LogP contribution in [0.15, 0.2) is 11.4 Å². The molecule has 1 heterocycles. The number of thiophene rings is 1. The molecule has 0 bridgehead atoms. The maximum atomic E-state index is 5.71. The van der Waals surface area contributed by atoms with Gasteiger partial charge in [0.1, 0.15) is 0 Å². The van der Waals surface area contributed by atoms with Crippen molar-refractivity contribution in [2.75, 3.05) is 0 Å². The molecule has 1 saturated carbocycles. The van der Waals surface area contributed by atoms with Crippen molar-refractivity contribution in [3.63, 3.8) is 0 Å². The van der Waals surface area contributed by atoms with Crippen LogP contribution in [0.4, 0.5) is 0 Å². The van der Waals surface area contributed by atoms with Gasteiger partial charge in [-0.25, -0.2) is 0 Å². The quantitative estimate of drug-likeness (QED) is 0.655. The highest BCUT2D eigenvalue weighted by atomic mass is 32.1. The molecule has 0 aliphatic heterocycles. The smallest absolute Gasteiger partial charge is 0.0123 e. The van der Waals surface area contributed by atoms with Gasteiger partial charge in [-0.3, -0.25) is 0 Å². The number of hydrogen-bond acceptors (Lipinski definition) is 2. The average molecular weight is 153 g/mol. The van der Waals surface area contributed by atoms with Crippen LogP contribution in [-0.2, 0) is 0 Å². The minimum absolute atomic E-state index is 0.457. The fourth-order valence-corrected chi connectivity index (χ4v) is 2.28. The zero-order valence-electron chi connectivity index (χ0n) is 6.00. The van der Waals surface area contributed by atoms with Crippen molar-refractivity contribution in [2.24, 2.45) is 5.73 Å². The molecule has 54 valence electrons. The third-order valence-electron chi connectivity index (χ3n) is 1.96. The van der Waals surface area contributed by atoms with Crippen LogP contribution in [0.5, 0.6) is 0 Å². The van der Waals surface area contributed by atoms with Gasteiger partial charge in [-0.1, -0.05) is 0 Å².